The number of hydrogen-bond acceptors (Lipinski definition) is 6. The summed E-state index contributed by atoms with van der Waals surface area (Å²) in [5, 5.41) is 11.1. The van der Waals surface area contributed by atoms with Crippen LogP contribution in [0.25, 0.3) is 10.9 Å². The van der Waals surface area contributed by atoms with E-state index in [1.165, 1.54) is 38.5 Å². The number of carbonyl (C=O) groups is 1. The van der Waals surface area contributed by atoms with E-state index in [1.54, 1.807) is 13.3 Å². The molecule has 1 N–H and O–H groups in total. The fourth-order valence-electron chi connectivity index (χ4n) is 7.02. The van der Waals surface area contributed by atoms with E-state index in [2.05, 4.69) is 14.8 Å². The third-order valence-electron chi connectivity index (χ3n) is 9.73. The molecule has 3 heterocycles. The molecular weight excluding hydrogens is 509 g/mol. The Morgan fingerprint density at radius 2 is 1.90 bits per heavy atom. The molecule has 2 aliphatic heterocycles. The second kappa shape index (κ2) is 13.6. The number of carboxylic acid groups (broad SMARTS) is 1. The number of aromatic nitrogens is 1. The summed E-state index contributed by atoms with van der Waals surface area (Å²) in [7, 11) is 1.61. The number of hydrogen-bond donors (Lipinski definition) is 1. The van der Waals surface area contributed by atoms with Crippen LogP contribution in [0.2, 0.25) is 0 Å². The fraction of sp³-hybridized carbons (Fsp3) is 0.688. The smallest absolute Gasteiger partial charge is 0.309 e. The maximum absolute atomic E-state index is 16.4. The van der Waals surface area contributed by atoms with Gasteiger partial charge < -0.3 is 19.5 Å². The maximum Gasteiger partial charge on any atom is 0.309 e. The monoisotopic (exact) mass is 555 g/mol. The van der Waals surface area contributed by atoms with Crippen molar-refractivity contribution in [2.45, 2.75) is 76.9 Å². The Kier molecular flexibility index (Phi) is 9.92. The van der Waals surface area contributed by atoms with Crippen molar-refractivity contribution in [2.75, 3.05) is 53.0 Å². The average Bonchev–Trinajstić information content (AvgIpc) is 3.00. The zero-order valence-electron chi connectivity index (χ0n) is 24.1. The van der Waals surface area contributed by atoms with Crippen molar-refractivity contribution in [2.24, 2.45) is 11.3 Å². The van der Waals surface area contributed by atoms with Gasteiger partial charge in [-0.15, -0.1) is 0 Å². The van der Waals surface area contributed by atoms with E-state index in [-0.39, 0.29) is 6.42 Å². The third kappa shape index (κ3) is 6.94. The molecule has 0 bridgehead atoms. The lowest BCUT2D eigenvalue weighted by atomic mass is 9.74. The topological polar surface area (TPSA) is 75.1 Å². The van der Waals surface area contributed by atoms with Crippen LogP contribution in [0, 0.1) is 11.3 Å². The van der Waals surface area contributed by atoms with E-state index in [9.17, 15) is 9.90 Å². The summed E-state index contributed by atoms with van der Waals surface area (Å²) in [5.41, 5.74) is 1.35. The lowest BCUT2D eigenvalue weighted by molar-refractivity contribution is -0.153. The summed E-state index contributed by atoms with van der Waals surface area (Å²) >= 11 is 0. The van der Waals surface area contributed by atoms with E-state index in [0.29, 0.717) is 50.3 Å². The van der Waals surface area contributed by atoms with Crippen molar-refractivity contribution >= 4 is 16.9 Å². The molecule has 8 heteroatoms. The highest BCUT2D eigenvalue weighted by atomic mass is 19.1. The third-order valence-corrected chi connectivity index (χ3v) is 9.73. The minimum Gasteiger partial charge on any atom is -0.497 e. The van der Waals surface area contributed by atoms with Crippen molar-refractivity contribution in [3.8, 4) is 5.75 Å². The summed E-state index contributed by atoms with van der Waals surface area (Å²) in [5.74, 6) is 0.711. The first kappa shape index (κ1) is 29.2. The summed E-state index contributed by atoms with van der Waals surface area (Å²) in [4.78, 5) is 21.9. The minimum absolute atomic E-state index is 0.181. The fourth-order valence-corrected chi connectivity index (χ4v) is 7.02. The molecule has 1 atom stereocenters. The number of methoxy groups -OCH3 is 1. The van der Waals surface area contributed by atoms with Crippen molar-refractivity contribution in [1.82, 2.24) is 14.8 Å². The molecule has 2 saturated heterocycles. The molecule has 2 aromatic rings. The molecule has 1 aromatic heterocycles. The molecule has 0 spiro atoms. The Hall–Kier alpha value is -2.29. The lowest BCUT2D eigenvalue weighted by Crippen LogP contribution is -2.45. The normalized spacial score (nSPS) is 21.9. The van der Waals surface area contributed by atoms with Crippen LogP contribution < -0.4 is 4.74 Å². The Morgan fingerprint density at radius 3 is 2.60 bits per heavy atom. The van der Waals surface area contributed by atoms with Crippen LogP contribution in [-0.2, 0) is 16.1 Å². The van der Waals surface area contributed by atoms with Crippen molar-refractivity contribution in [3.63, 3.8) is 0 Å². The molecule has 7 nitrogen and oxygen atoms in total. The number of aliphatic carboxylic acids is 1. The van der Waals surface area contributed by atoms with Crippen LogP contribution in [0.3, 0.4) is 0 Å². The SMILES string of the molecule is COc1ccc2ncc(CN3CCOCC3)c([C@@H](F)CCC3(C(=O)O)CCN(CCC4CCCCC4)CC3)c2c1. The Bertz CT molecular complexity index is 1120. The summed E-state index contributed by atoms with van der Waals surface area (Å²) in [6.07, 6.45) is 10.2. The van der Waals surface area contributed by atoms with Gasteiger partial charge in [0.1, 0.15) is 11.9 Å². The van der Waals surface area contributed by atoms with Gasteiger partial charge in [-0.05, 0) is 81.4 Å². The molecule has 40 heavy (non-hydrogen) atoms. The highest BCUT2D eigenvalue weighted by molar-refractivity contribution is 5.85. The van der Waals surface area contributed by atoms with Crippen molar-refractivity contribution in [3.05, 3.63) is 35.5 Å². The number of piperidine rings is 1. The van der Waals surface area contributed by atoms with Crippen LogP contribution in [-0.4, -0.2) is 78.9 Å². The molecule has 1 saturated carbocycles. The lowest BCUT2D eigenvalue weighted by Gasteiger charge is -2.40. The quantitative estimate of drug-likeness (QED) is 0.364. The van der Waals surface area contributed by atoms with Gasteiger partial charge in [-0.2, -0.15) is 0 Å². The van der Waals surface area contributed by atoms with Crippen LogP contribution >= 0.6 is 0 Å². The van der Waals surface area contributed by atoms with Gasteiger partial charge in [0.25, 0.3) is 0 Å². The maximum atomic E-state index is 16.4. The molecule has 1 aromatic carbocycles. The molecule has 3 fully saturated rings. The predicted octanol–water partition coefficient (Wildman–Crippen LogP) is 6.00. The zero-order chi connectivity index (χ0) is 28.0. The van der Waals surface area contributed by atoms with Gasteiger partial charge in [-0.25, -0.2) is 4.39 Å². The number of benzene rings is 1. The van der Waals surface area contributed by atoms with Crippen LogP contribution in [0.4, 0.5) is 4.39 Å². The van der Waals surface area contributed by atoms with Gasteiger partial charge in [-0.3, -0.25) is 14.7 Å². The Labute approximate surface area is 238 Å². The van der Waals surface area contributed by atoms with Gasteiger partial charge in [0.15, 0.2) is 0 Å². The predicted molar refractivity (Wildman–Crippen MR) is 154 cm³/mol. The number of likely N-dealkylation sites (tertiary alicyclic amines) is 1. The van der Waals surface area contributed by atoms with Gasteiger partial charge in [0, 0.05) is 36.8 Å². The van der Waals surface area contributed by atoms with Crippen molar-refractivity contribution in [1.29, 1.82) is 0 Å². The van der Waals surface area contributed by atoms with Crippen molar-refractivity contribution < 1.29 is 23.8 Å². The summed E-state index contributed by atoms with van der Waals surface area (Å²) in [6.45, 7) is 6.16. The van der Waals surface area contributed by atoms with Crippen LogP contribution in [0.15, 0.2) is 24.4 Å². The number of carboxylic acids is 1. The Balaban J connectivity index is 1.28. The van der Waals surface area contributed by atoms with E-state index < -0.39 is 17.6 Å². The Morgan fingerprint density at radius 1 is 1.15 bits per heavy atom. The number of alkyl halides is 1. The number of nitrogens with zero attached hydrogens (tertiary/aromatic N) is 3. The number of fused-ring (bicyclic) bond motifs is 1. The number of ether oxygens (including phenoxy) is 2. The first-order valence-electron chi connectivity index (χ1n) is 15.3. The second-order valence-corrected chi connectivity index (χ2v) is 12.2. The molecule has 0 amide bonds. The molecule has 3 aliphatic rings. The molecule has 220 valence electrons. The van der Waals surface area contributed by atoms with E-state index >= 15 is 4.39 Å². The van der Waals surface area contributed by atoms with Gasteiger partial charge in [0.2, 0.25) is 0 Å². The highest BCUT2D eigenvalue weighted by Gasteiger charge is 2.42. The average molecular weight is 556 g/mol. The summed E-state index contributed by atoms with van der Waals surface area (Å²) < 4.78 is 27.4. The second-order valence-electron chi connectivity index (χ2n) is 12.2. The molecule has 0 unspecified atom stereocenters. The molecule has 0 radical (unpaired) electrons. The first-order valence-corrected chi connectivity index (χ1v) is 15.3. The highest BCUT2D eigenvalue weighted by Crippen LogP contribution is 2.42. The molecule has 5 rings (SSSR count). The largest absolute Gasteiger partial charge is 0.497 e. The van der Waals surface area contributed by atoms with Gasteiger partial charge in [0.05, 0.1) is 31.3 Å². The van der Waals surface area contributed by atoms with Gasteiger partial charge >= 0.3 is 5.97 Å². The number of pyridine rings is 1. The zero-order valence-corrected chi connectivity index (χ0v) is 24.1. The summed E-state index contributed by atoms with van der Waals surface area (Å²) in [6, 6.07) is 5.57. The van der Waals surface area contributed by atoms with Crippen LogP contribution in [0.5, 0.6) is 5.75 Å². The van der Waals surface area contributed by atoms with Crippen LogP contribution in [0.1, 0.15) is 81.5 Å². The van der Waals surface area contributed by atoms with E-state index in [0.717, 1.165) is 55.1 Å². The van der Waals surface area contributed by atoms with Gasteiger partial charge in [-0.1, -0.05) is 32.1 Å². The number of morpholine rings is 1. The molecule has 1 aliphatic carbocycles. The first-order chi connectivity index (χ1) is 19.5. The molecular formula is C32H46FN3O4. The minimum atomic E-state index is -1.28. The number of rotatable bonds is 11. The van der Waals surface area contributed by atoms with E-state index in [4.69, 9.17) is 9.47 Å². The van der Waals surface area contributed by atoms with E-state index in [1.807, 2.05) is 18.2 Å². The standard InChI is InChI=1S/C32H46FN3O4/c1-39-26-7-8-29-27(21-26)30(25(22-34-29)23-36-17-19-40-20-18-36)28(33)9-11-32(31(37)38)12-15-35(16-13-32)14-10-24-5-3-2-4-6-24/h7-8,21-22,24,28H,2-6,9-20,23H2,1H3,(H,37,38)/t28-/m0/s1. The number of halogens is 1.